The standard InChI is InChI=1S/C30H35N5O4/c1-6-7-13-25-24(28(37)35(19(2)31-25)18-26(36)33-30(3,4)5)17-20-14-15-22(21-11-9-8-10-12-21)23(16-20)27-32-29(38)39-34-27/h8-12,14-16H,6-7,13,17-18H2,1-5H3,(H,33,36)(H,32,34,38). The van der Waals surface area contributed by atoms with Crippen LogP contribution in [0.25, 0.3) is 22.5 Å². The Labute approximate surface area is 227 Å². The number of carbonyl (C=O) groups is 1. The number of H-pyrrole nitrogens is 1. The van der Waals surface area contributed by atoms with E-state index in [-0.39, 0.29) is 18.0 Å². The highest BCUT2D eigenvalue weighted by atomic mass is 16.5. The lowest BCUT2D eigenvalue weighted by Crippen LogP contribution is -2.44. The topological polar surface area (TPSA) is 123 Å². The lowest BCUT2D eigenvalue weighted by Gasteiger charge is -2.22. The Morgan fingerprint density at radius 1 is 1.08 bits per heavy atom. The molecule has 9 nitrogen and oxygen atoms in total. The van der Waals surface area contributed by atoms with Crippen molar-refractivity contribution in [3.05, 3.63) is 92.1 Å². The van der Waals surface area contributed by atoms with Crippen LogP contribution in [0.2, 0.25) is 0 Å². The number of amides is 1. The second kappa shape index (κ2) is 11.6. The van der Waals surface area contributed by atoms with Crippen molar-refractivity contribution >= 4 is 5.91 Å². The van der Waals surface area contributed by atoms with E-state index in [1.165, 1.54) is 4.57 Å². The van der Waals surface area contributed by atoms with Crippen LogP contribution in [0.3, 0.4) is 0 Å². The van der Waals surface area contributed by atoms with Gasteiger partial charge in [-0.3, -0.25) is 23.7 Å². The molecule has 0 aliphatic heterocycles. The zero-order valence-electron chi connectivity index (χ0n) is 23.1. The minimum atomic E-state index is -0.643. The molecule has 2 aromatic carbocycles. The predicted molar refractivity (Wildman–Crippen MR) is 151 cm³/mol. The Morgan fingerprint density at radius 2 is 1.82 bits per heavy atom. The molecule has 0 aliphatic rings. The van der Waals surface area contributed by atoms with Crippen LogP contribution in [-0.2, 0) is 24.2 Å². The molecule has 0 atom stereocenters. The minimum absolute atomic E-state index is 0.103. The summed E-state index contributed by atoms with van der Waals surface area (Å²) in [7, 11) is 0. The zero-order valence-corrected chi connectivity index (χ0v) is 23.1. The molecule has 2 N–H and O–H groups in total. The molecule has 0 radical (unpaired) electrons. The first kappa shape index (κ1) is 27.8. The highest BCUT2D eigenvalue weighted by molar-refractivity contribution is 5.81. The highest BCUT2D eigenvalue weighted by Crippen LogP contribution is 2.31. The van der Waals surface area contributed by atoms with Gasteiger partial charge in [0.1, 0.15) is 12.4 Å². The van der Waals surface area contributed by atoms with E-state index in [1.807, 2.05) is 69.3 Å². The van der Waals surface area contributed by atoms with E-state index >= 15 is 0 Å². The number of rotatable bonds is 9. The van der Waals surface area contributed by atoms with Crippen LogP contribution in [0.5, 0.6) is 0 Å². The fourth-order valence-electron chi connectivity index (χ4n) is 4.59. The van der Waals surface area contributed by atoms with Gasteiger partial charge in [0.05, 0.1) is 5.69 Å². The fraction of sp³-hybridized carbons (Fsp3) is 0.367. The van der Waals surface area contributed by atoms with Gasteiger partial charge in [-0.2, -0.15) is 0 Å². The first-order valence-electron chi connectivity index (χ1n) is 13.2. The van der Waals surface area contributed by atoms with Gasteiger partial charge in [0.25, 0.3) is 5.56 Å². The van der Waals surface area contributed by atoms with Crippen LogP contribution in [0.4, 0.5) is 0 Å². The van der Waals surface area contributed by atoms with Gasteiger partial charge in [-0.15, -0.1) is 0 Å². The number of aryl methyl sites for hydroxylation is 2. The number of unbranched alkanes of at least 4 members (excludes halogenated alkanes) is 1. The summed E-state index contributed by atoms with van der Waals surface area (Å²) in [5, 5.41) is 6.84. The van der Waals surface area contributed by atoms with Crippen molar-refractivity contribution in [3.8, 4) is 22.5 Å². The minimum Gasteiger partial charge on any atom is -0.350 e. The molecule has 0 fully saturated rings. The largest absolute Gasteiger partial charge is 0.439 e. The van der Waals surface area contributed by atoms with Gasteiger partial charge in [-0.05, 0) is 63.3 Å². The molecule has 204 valence electrons. The molecule has 9 heteroatoms. The van der Waals surface area contributed by atoms with E-state index in [2.05, 4.69) is 22.4 Å². The summed E-state index contributed by atoms with van der Waals surface area (Å²) >= 11 is 0. The summed E-state index contributed by atoms with van der Waals surface area (Å²) in [6.45, 7) is 9.45. The maximum absolute atomic E-state index is 13.8. The van der Waals surface area contributed by atoms with E-state index in [0.717, 1.165) is 35.2 Å². The Bertz CT molecular complexity index is 1580. The average molecular weight is 530 g/mol. The third-order valence-electron chi connectivity index (χ3n) is 6.37. The smallest absolute Gasteiger partial charge is 0.350 e. The highest BCUT2D eigenvalue weighted by Gasteiger charge is 2.20. The third-order valence-corrected chi connectivity index (χ3v) is 6.37. The quantitative estimate of drug-likeness (QED) is 0.331. The molecule has 0 aliphatic carbocycles. The van der Waals surface area contributed by atoms with Crippen LogP contribution in [0.1, 0.15) is 63.2 Å². The molecule has 0 spiro atoms. The second-order valence-electron chi connectivity index (χ2n) is 10.7. The summed E-state index contributed by atoms with van der Waals surface area (Å²) in [6.07, 6.45) is 2.84. The molecule has 4 aromatic rings. The van der Waals surface area contributed by atoms with Gasteiger partial charge in [-0.1, -0.05) is 61.0 Å². The molecule has 39 heavy (non-hydrogen) atoms. The Hall–Kier alpha value is -4.27. The van der Waals surface area contributed by atoms with E-state index in [0.29, 0.717) is 35.6 Å². The molecule has 4 rings (SSSR count). The monoisotopic (exact) mass is 529 g/mol. The number of benzene rings is 2. The molecular formula is C30H35N5O4. The summed E-state index contributed by atoms with van der Waals surface area (Å²) < 4.78 is 6.23. The average Bonchev–Trinajstić information content (AvgIpc) is 3.32. The van der Waals surface area contributed by atoms with E-state index < -0.39 is 11.3 Å². The fourth-order valence-corrected chi connectivity index (χ4v) is 4.59. The molecule has 1 amide bonds. The summed E-state index contributed by atoms with van der Waals surface area (Å²) in [4.78, 5) is 45.7. The van der Waals surface area contributed by atoms with E-state index in [9.17, 15) is 14.4 Å². The predicted octanol–water partition coefficient (Wildman–Crippen LogP) is 4.41. The number of hydrogen-bond donors (Lipinski definition) is 2. The van der Waals surface area contributed by atoms with Gasteiger partial charge in [0, 0.05) is 23.1 Å². The lowest BCUT2D eigenvalue weighted by atomic mass is 9.94. The number of nitrogens with one attached hydrogen (secondary N) is 2. The number of aromatic nitrogens is 4. The molecule has 0 saturated carbocycles. The van der Waals surface area contributed by atoms with Crippen LogP contribution in [0.15, 0.2) is 62.6 Å². The number of aromatic amines is 1. The molecule has 0 saturated heterocycles. The first-order valence-corrected chi connectivity index (χ1v) is 13.2. The van der Waals surface area contributed by atoms with Crippen molar-refractivity contribution in [1.29, 1.82) is 0 Å². The zero-order chi connectivity index (χ0) is 28.2. The Kier molecular flexibility index (Phi) is 8.28. The van der Waals surface area contributed by atoms with Crippen molar-refractivity contribution in [2.75, 3.05) is 0 Å². The van der Waals surface area contributed by atoms with Crippen molar-refractivity contribution in [2.45, 2.75) is 72.4 Å². The van der Waals surface area contributed by atoms with Gasteiger partial charge in [-0.25, -0.2) is 9.78 Å². The number of nitrogens with zero attached hydrogens (tertiary/aromatic N) is 3. The van der Waals surface area contributed by atoms with Crippen LogP contribution < -0.4 is 16.6 Å². The van der Waals surface area contributed by atoms with Crippen LogP contribution in [0, 0.1) is 6.92 Å². The van der Waals surface area contributed by atoms with Crippen molar-refractivity contribution in [1.82, 2.24) is 25.0 Å². The van der Waals surface area contributed by atoms with Gasteiger partial charge in [0.15, 0.2) is 5.82 Å². The van der Waals surface area contributed by atoms with Crippen LogP contribution in [-0.4, -0.2) is 31.1 Å². The summed E-state index contributed by atoms with van der Waals surface area (Å²) in [5.74, 6) is -0.0638. The molecule has 2 aromatic heterocycles. The molecule has 0 unspecified atom stereocenters. The lowest BCUT2D eigenvalue weighted by molar-refractivity contribution is -0.123. The third kappa shape index (κ3) is 6.79. The second-order valence-corrected chi connectivity index (χ2v) is 10.7. The number of hydrogen-bond acceptors (Lipinski definition) is 6. The molecule has 0 bridgehead atoms. The number of carbonyl (C=O) groups excluding carboxylic acids is 1. The van der Waals surface area contributed by atoms with E-state index in [4.69, 9.17) is 9.51 Å². The van der Waals surface area contributed by atoms with Crippen LogP contribution >= 0.6 is 0 Å². The maximum Gasteiger partial charge on any atom is 0.439 e. The first-order chi connectivity index (χ1) is 18.6. The molecular weight excluding hydrogens is 494 g/mol. The van der Waals surface area contributed by atoms with E-state index in [1.54, 1.807) is 6.92 Å². The maximum atomic E-state index is 13.8. The Balaban J connectivity index is 1.79. The normalized spacial score (nSPS) is 11.5. The molecule has 2 heterocycles. The SMILES string of the molecule is CCCCc1nc(C)n(CC(=O)NC(C)(C)C)c(=O)c1Cc1ccc(-c2ccccc2)c(-c2noc(=O)[nH]2)c1. The van der Waals surface area contributed by atoms with Gasteiger partial charge >= 0.3 is 5.76 Å². The van der Waals surface area contributed by atoms with Gasteiger partial charge < -0.3 is 5.32 Å². The van der Waals surface area contributed by atoms with Crippen molar-refractivity contribution in [3.63, 3.8) is 0 Å². The summed E-state index contributed by atoms with van der Waals surface area (Å²) in [5.41, 5.74) is 4.03. The van der Waals surface area contributed by atoms with Crippen molar-refractivity contribution in [2.24, 2.45) is 0 Å². The Morgan fingerprint density at radius 3 is 2.46 bits per heavy atom. The van der Waals surface area contributed by atoms with Gasteiger partial charge in [0.2, 0.25) is 5.91 Å². The summed E-state index contributed by atoms with van der Waals surface area (Å²) in [6, 6.07) is 15.6. The van der Waals surface area contributed by atoms with Crippen molar-refractivity contribution < 1.29 is 9.32 Å².